The summed E-state index contributed by atoms with van der Waals surface area (Å²) in [6.07, 6.45) is 0.127. The van der Waals surface area contributed by atoms with Crippen LogP contribution in [0.25, 0.3) is 11.1 Å². The number of carbonyl (C=O) groups is 1. The molecule has 1 N–H and O–H groups in total. The number of amides is 1. The second-order valence-electron chi connectivity index (χ2n) is 5.89. The van der Waals surface area contributed by atoms with E-state index >= 15 is 0 Å². The zero-order chi connectivity index (χ0) is 18.4. The maximum atomic E-state index is 13.8. The zero-order valence-corrected chi connectivity index (χ0v) is 14.0. The van der Waals surface area contributed by atoms with E-state index in [0.29, 0.717) is 0 Å². The van der Waals surface area contributed by atoms with Gasteiger partial charge < -0.3 is 5.32 Å². The fourth-order valence-corrected chi connectivity index (χ4v) is 2.73. The lowest BCUT2D eigenvalue weighted by atomic mass is 10.0. The van der Waals surface area contributed by atoms with E-state index in [1.54, 1.807) is 12.1 Å². The van der Waals surface area contributed by atoms with Gasteiger partial charge in [-0.1, -0.05) is 72.8 Å². The number of hydrogen-bond acceptors (Lipinski definition) is 2. The molecule has 0 spiro atoms. The highest BCUT2D eigenvalue weighted by atomic mass is 19.1. The molecule has 0 aliphatic carbocycles. The normalized spacial score (nSPS) is 11.4. The van der Waals surface area contributed by atoms with E-state index in [2.05, 4.69) is 5.32 Å². The van der Waals surface area contributed by atoms with Crippen LogP contribution in [0, 0.1) is 17.1 Å². The predicted molar refractivity (Wildman–Crippen MR) is 98.5 cm³/mol. The number of nitriles is 1. The molecule has 1 unspecified atom stereocenters. The predicted octanol–water partition coefficient (Wildman–Crippen LogP) is 4.42. The molecule has 3 aromatic carbocycles. The Morgan fingerprint density at radius 1 is 0.923 bits per heavy atom. The topological polar surface area (TPSA) is 52.9 Å². The summed E-state index contributed by atoms with van der Waals surface area (Å²) in [4.78, 5) is 12.2. The number of nitrogens with zero attached hydrogens (tertiary/aromatic N) is 1. The number of hydrogen-bond donors (Lipinski definition) is 1. The first-order valence-electron chi connectivity index (χ1n) is 8.25. The molecule has 0 saturated carbocycles. The number of nitrogens with one attached hydrogen (secondary N) is 1. The Morgan fingerprint density at radius 2 is 1.54 bits per heavy atom. The first-order valence-corrected chi connectivity index (χ1v) is 8.25. The summed E-state index contributed by atoms with van der Waals surface area (Å²) >= 11 is 0. The van der Waals surface area contributed by atoms with Crippen LogP contribution in [0.15, 0.2) is 78.9 Å². The van der Waals surface area contributed by atoms with Crippen LogP contribution < -0.4 is 5.32 Å². The van der Waals surface area contributed by atoms with Gasteiger partial charge in [-0.25, -0.2) is 4.39 Å². The Labute approximate surface area is 151 Å². The molecule has 3 rings (SSSR count). The SMILES string of the molecule is N#CC(NC(=O)Cc1ccc(-c2ccccc2)cc1)c1ccccc1F. The molecule has 3 nitrogen and oxygen atoms in total. The second kappa shape index (κ2) is 8.09. The van der Waals surface area contributed by atoms with Gasteiger partial charge >= 0.3 is 0 Å². The fraction of sp³-hybridized carbons (Fsp3) is 0.0909. The molecule has 3 aromatic rings. The van der Waals surface area contributed by atoms with Crippen LogP contribution in [-0.4, -0.2) is 5.91 Å². The summed E-state index contributed by atoms with van der Waals surface area (Å²) in [6.45, 7) is 0. The maximum absolute atomic E-state index is 13.8. The lowest BCUT2D eigenvalue weighted by molar-refractivity contribution is -0.120. The molecule has 0 aliphatic heterocycles. The zero-order valence-electron chi connectivity index (χ0n) is 14.0. The van der Waals surface area contributed by atoms with Crippen LogP contribution in [0.4, 0.5) is 4.39 Å². The van der Waals surface area contributed by atoms with Gasteiger partial charge in [0, 0.05) is 5.56 Å². The summed E-state index contributed by atoms with van der Waals surface area (Å²) in [5, 5.41) is 11.8. The van der Waals surface area contributed by atoms with Crippen LogP contribution in [0.5, 0.6) is 0 Å². The van der Waals surface area contributed by atoms with Gasteiger partial charge in [0.2, 0.25) is 5.91 Å². The fourth-order valence-electron chi connectivity index (χ4n) is 2.73. The Kier molecular flexibility index (Phi) is 5.40. The molecule has 0 saturated heterocycles. The quantitative estimate of drug-likeness (QED) is 0.745. The summed E-state index contributed by atoms with van der Waals surface area (Å²) in [6, 6.07) is 24.5. The minimum atomic E-state index is -1.01. The van der Waals surface area contributed by atoms with E-state index in [4.69, 9.17) is 0 Å². The third kappa shape index (κ3) is 4.14. The van der Waals surface area contributed by atoms with Crippen molar-refractivity contribution in [3.05, 3.63) is 95.8 Å². The van der Waals surface area contributed by atoms with Crippen LogP contribution in [0.1, 0.15) is 17.2 Å². The minimum absolute atomic E-state index is 0.127. The van der Waals surface area contributed by atoms with Crippen LogP contribution in [0.3, 0.4) is 0 Å². The third-order valence-corrected chi connectivity index (χ3v) is 4.08. The van der Waals surface area contributed by atoms with Gasteiger partial charge in [-0.2, -0.15) is 5.26 Å². The van der Waals surface area contributed by atoms with Crippen molar-refractivity contribution in [1.82, 2.24) is 5.32 Å². The van der Waals surface area contributed by atoms with Gasteiger partial charge in [0.25, 0.3) is 0 Å². The van der Waals surface area contributed by atoms with Crippen molar-refractivity contribution in [3.63, 3.8) is 0 Å². The Morgan fingerprint density at radius 3 is 2.19 bits per heavy atom. The summed E-state index contributed by atoms with van der Waals surface area (Å²) in [5.74, 6) is -0.834. The number of benzene rings is 3. The van der Waals surface area contributed by atoms with Gasteiger partial charge in [0.15, 0.2) is 0 Å². The van der Waals surface area contributed by atoms with E-state index in [1.165, 1.54) is 12.1 Å². The highest BCUT2D eigenvalue weighted by Gasteiger charge is 2.17. The molecule has 0 radical (unpaired) electrons. The molecule has 26 heavy (non-hydrogen) atoms. The van der Waals surface area contributed by atoms with Crippen LogP contribution in [-0.2, 0) is 11.2 Å². The van der Waals surface area contributed by atoms with Gasteiger partial charge in [0.1, 0.15) is 11.9 Å². The molecule has 0 heterocycles. The third-order valence-electron chi connectivity index (χ3n) is 4.08. The van der Waals surface area contributed by atoms with E-state index < -0.39 is 11.9 Å². The van der Waals surface area contributed by atoms with E-state index in [1.807, 2.05) is 60.7 Å². The highest BCUT2D eigenvalue weighted by Crippen LogP contribution is 2.20. The second-order valence-corrected chi connectivity index (χ2v) is 5.89. The lowest BCUT2D eigenvalue weighted by Gasteiger charge is -2.13. The van der Waals surface area contributed by atoms with Gasteiger partial charge in [-0.05, 0) is 22.8 Å². The Hall–Kier alpha value is -3.45. The van der Waals surface area contributed by atoms with Gasteiger partial charge in [-0.15, -0.1) is 0 Å². The monoisotopic (exact) mass is 344 g/mol. The highest BCUT2D eigenvalue weighted by molar-refractivity contribution is 5.79. The number of carbonyl (C=O) groups excluding carboxylic acids is 1. The molecular formula is C22H17FN2O. The smallest absolute Gasteiger partial charge is 0.225 e. The van der Waals surface area contributed by atoms with Gasteiger partial charge in [0.05, 0.1) is 12.5 Å². The molecule has 0 aromatic heterocycles. The largest absolute Gasteiger partial charge is 0.336 e. The molecular weight excluding hydrogens is 327 g/mol. The summed E-state index contributed by atoms with van der Waals surface area (Å²) in [5.41, 5.74) is 3.17. The molecule has 0 aliphatic rings. The first-order chi connectivity index (χ1) is 12.7. The minimum Gasteiger partial charge on any atom is -0.336 e. The molecule has 1 atom stereocenters. The standard InChI is InChI=1S/C22H17FN2O/c23-20-9-5-4-8-19(20)21(15-24)25-22(26)14-16-10-12-18(13-11-16)17-6-2-1-3-7-17/h1-13,21H,14H2,(H,25,26). The molecule has 0 bridgehead atoms. The summed E-state index contributed by atoms with van der Waals surface area (Å²) < 4.78 is 13.8. The lowest BCUT2D eigenvalue weighted by Crippen LogP contribution is -2.29. The van der Waals surface area contributed by atoms with Crippen molar-refractivity contribution < 1.29 is 9.18 Å². The van der Waals surface area contributed by atoms with Crippen molar-refractivity contribution in [2.75, 3.05) is 0 Å². The van der Waals surface area contributed by atoms with Crippen molar-refractivity contribution in [1.29, 1.82) is 5.26 Å². The van der Waals surface area contributed by atoms with Crippen molar-refractivity contribution >= 4 is 5.91 Å². The molecule has 1 amide bonds. The van der Waals surface area contributed by atoms with Gasteiger partial charge in [-0.3, -0.25) is 4.79 Å². The average molecular weight is 344 g/mol. The number of halogens is 1. The number of rotatable bonds is 5. The van der Waals surface area contributed by atoms with Crippen LogP contribution in [0.2, 0.25) is 0 Å². The Balaban J connectivity index is 1.66. The van der Waals surface area contributed by atoms with E-state index in [-0.39, 0.29) is 17.9 Å². The summed E-state index contributed by atoms with van der Waals surface area (Å²) in [7, 11) is 0. The van der Waals surface area contributed by atoms with Crippen LogP contribution >= 0.6 is 0 Å². The van der Waals surface area contributed by atoms with Crippen molar-refractivity contribution in [3.8, 4) is 17.2 Å². The molecule has 0 fully saturated rings. The van der Waals surface area contributed by atoms with E-state index in [9.17, 15) is 14.4 Å². The molecule has 4 heteroatoms. The first kappa shape index (κ1) is 17.4. The average Bonchev–Trinajstić information content (AvgIpc) is 2.68. The van der Waals surface area contributed by atoms with Crippen molar-refractivity contribution in [2.45, 2.75) is 12.5 Å². The maximum Gasteiger partial charge on any atom is 0.225 e. The van der Waals surface area contributed by atoms with E-state index in [0.717, 1.165) is 16.7 Å². The molecule has 128 valence electrons. The Bertz CT molecular complexity index is 930. The van der Waals surface area contributed by atoms with Crippen molar-refractivity contribution in [2.24, 2.45) is 0 Å².